The molecule has 0 spiro atoms. The molecule has 0 unspecified atom stereocenters. The van der Waals surface area contributed by atoms with Crippen LogP contribution >= 0.6 is 0 Å². The number of sulfonamides is 1. The van der Waals surface area contributed by atoms with E-state index in [1.807, 2.05) is 6.07 Å². The van der Waals surface area contributed by atoms with Crippen LogP contribution in [-0.2, 0) is 16.4 Å². The van der Waals surface area contributed by atoms with Gasteiger partial charge in [-0.1, -0.05) is 25.0 Å². The number of nitrogens with one attached hydrogen (secondary N) is 1. The van der Waals surface area contributed by atoms with Crippen LogP contribution in [0.15, 0.2) is 29.2 Å². The Kier molecular flexibility index (Phi) is 4.43. The van der Waals surface area contributed by atoms with Crippen LogP contribution in [0.3, 0.4) is 0 Å². The number of hydrogen-bond donors (Lipinski definition) is 2. The van der Waals surface area contributed by atoms with Crippen molar-refractivity contribution in [3.05, 3.63) is 29.8 Å². The lowest BCUT2D eigenvalue weighted by Crippen LogP contribution is -2.49. The SMILES string of the molecule is N#CCc1ccc(S(=O)(=O)NC2(CO)CCCC2)cc1. The predicted octanol–water partition coefficient (Wildman–Crippen LogP) is 1.34. The Morgan fingerprint density at radius 3 is 2.35 bits per heavy atom. The van der Waals surface area contributed by atoms with Gasteiger partial charge in [0.25, 0.3) is 0 Å². The lowest BCUT2D eigenvalue weighted by atomic mass is 10.0. The van der Waals surface area contributed by atoms with Crippen LogP contribution in [0.5, 0.6) is 0 Å². The zero-order chi connectivity index (χ0) is 14.6. The molecule has 1 aliphatic carbocycles. The van der Waals surface area contributed by atoms with Crippen LogP contribution in [0.1, 0.15) is 31.2 Å². The molecule has 0 atom stereocenters. The zero-order valence-electron chi connectivity index (χ0n) is 11.2. The fourth-order valence-corrected chi connectivity index (χ4v) is 4.02. The molecule has 0 aromatic heterocycles. The molecule has 1 aromatic rings. The van der Waals surface area contributed by atoms with Gasteiger partial charge >= 0.3 is 0 Å². The molecule has 0 aliphatic heterocycles. The van der Waals surface area contributed by atoms with Gasteiger partial charge in [-0.05, 0) is 30.5 Å². The summed E-state index contributed by atoms with van der Waals surface area (Å²) in [6.45, 7) is -0.182. The molecule has 1 aliphatic rings. The van der Waals surface area contributed by atoms with Crippen LogP contribution in [0.4, 0.5) is 0 Å². The molecule has 20 heavy (non-hydrogen) atoms. The first-order chi connectivity index (χ1) is 9.51. The van der Waals surface area contributed by atoms with Gasteiger partial charge in [0.2, 0.25) is 10.0 Å². The van der Waals surface area contributed by atoms with E-state index in [9.17, 15) is 13.5 Å². The third-order valence-electron chi connectivity index (χ3n) is 3.73. The summed E-state index contributed by atoms with van der Waals surface area (Å²) in [7, 11) is -3.64. The van der Waals surface area contributed by atoms with Crippen molar-refractivity contribution in [2.24, 2.45) is 0 Å². The van der Waals surface area contributed by atoms with Crippen molar-refractivity contribution in [1.29, 1.82) is 5.26 Å². The van der Waals surface area contributed by atoms with E-state index in [1.54, 1.807) is 12.1 Å². The third kappa shape index (κ3) is 3.18. The van der Waals surface area contributed by atoms with E-state index in [-0.39, 0.29) is 17.9 Å². The van der Waals surface area contributed by atoms with E-state index in [1.165, 1.54) is 12.1 Å². The number of rotatable bonds is 5. The molecule has 0 heterocycles. The molecule has 0 radical (unpaired) electrons. The molecule has 0 saturated heterocycles. The fourth-order valence-electron chi connectivity index (χ4n) is 2.57. The number of nitrogens with zero attached hydrogens (tertiary/aromatic N) is 1. The highest BCUT2D eigenvalue weighted by Crippen LogP contribution is 2.30. The molecule has 1 saturated carbocycles. The largest absolute Gasteiger partial charge is 0.394 e. The molecule has 0 bridgehead atoms. The third-order valence-corrected chi connectivity index (χ3v) is 5.33. The number of aliphatic hydroxyl groups is 1. The maximum absolute atomic E-state index is 12.3. The predicted molar refractivity (Wildman–Crippen MR) is 74.4 cm³/mol. The molecule has 1 fully saturated rings. The topological polar surface area (TPSA) is 90.2 Å². The van der Waals surface area contributed by atoms with Crippen molar-refractivity contribution in [1.82, 2.24) is 4.72 Å². The first kappa shape index (κ1) is 15.0. The first-order valence-corrected chi connectivity index (χ1v) is 8.10. The maximum atomic E-state index is 12.3. The molecule has 108 valence electrons. The average Bonchev–Trinajstić information content (AvgIpc) is 2.88. The number of hydrogen-bond acceptors (Lipinski definition) is 4. The Morgan fingerprint density at radius 1 is 1.25 bits per heavy atom. The Balaban J connectivity index is 2.20. The van der Waals surface area contributed by atoms with Crippen LogP contribution in [0.2, 0.25) is 0 Å². The maximum Gasteiger partial charge on any atom is 0.241 e. The van der Waals surface area contributed by atoms with Gasteiger partial charge in [0.1, 0.15) is 0 Å². The van der Waals surface area contributed by atoms with Crippen LogP contribution < -0.4 is 4.72 Å². The fraction of sp³-hybridized carbons (Fsp3) is 0.500. The van der Waals surface area contributed by atoms with E-state index in [0.29, 0.717) is 12.8 Å². The molecule has 1 aromatic carbocycles. The number of nitriles is 1. The van der Waals surface area contributed by atoms with Gasteiger partial charge in [-0.2, -0.15) is 5.26 Å². The van der Waals surface area contributed by atoms with Crippen molar-refractivity contribution >= 4 is 10.0 Å². The Labute approximate surface area is 119 Å². The summed E-state index contributed by atoms with van der Waals surface area (Å²) in [4.78, 5) is 0.166. The summed E-state index contributed by atoms with van der Waals surface area (Å²) >= 11 is 0. The molecular weight excluding hydrogens is 276 g/mol. The second kappa shape index (κ2) is 5.92. The summed E-state index contributed by atoms with van der Waals surface area (Å²) in [6.07, 6.45) is 3.42. The van der Waals surface area contributed by atoms with Crippen molar-refractivity contribution in [2.75, 3.05) is 6.61 Å². The minimum Gasteiger partial charge on any atom is -0.394 e. The lowest BCUT2D eigenvalue weighted by Gasteiger charge is -2.27. The van der Waals surface area contributed by atoms with E-state index < -0.39 is 15.6 Å². The average molecular weight is 294 g/mol. The minimum absolute atomic E-state index is 0.166. The number of aliphatic hydroxyl groups excluding tert-OH is 1. The Hall–Kier alpha value is -1.42. The molecule has 2 rings (SSSR count). The van der Waals surface area contributed by atoms with E-state index in [4.69, 9.17) is 5.26 Å². The van der Waals surface area contributed by atoms with Gasteiger partial charge in [-0.15, -0.1) is 0 Å². The minimum atomic E-state index is -3.64. The molecule has 5 nitrogen and oxygen atoms in total. The first-order valence-electron chi connectivity index (χ1n) is 6.62. The van der Waals surface area contributed by atoms with Gasteiger partial charge < -0.3 is 5.11 Å². The molecular formula is C14H18N2O3S. The Bertz CT molecular complexity index is 596. The van der Waals surface area contributed by atoms with Crippen LogP contribution in [0, 0.1) is 11.3 Å². The highest BCUT2D eigenvalue weighted by molar-refractivity contribution is 7.89. The highest BCUT2D eigenvalue weighted by Gasteiger charge is 2.37. The van der Waals surface area contributed by atoms with Gasteiger partial charge in [0.05, 0.1) is 29.5 Å². The summed E-state index contributed by atoms with van der Waals surface area (Å²) in [5.41, 5.74) is 0.0636. The van der Waals surface area contributed by atoms with Crippen molar-refractivity contribution in [2.45, 2.75) is 42.5 Å². The summed E-state index contributed by atoms with van der Waals surface area (Å²) in [5, 5.41) is 18.1. The van der Waals surface area contributed by atoms with E-state index in [0.717, 1.165) is 18.4 Å². The van der Waals surface area contributed by atoms with Crippen molar-refractivity contribution in [3.8, 4) is 6.07 Å². The van der Waals surface area contributed by atoms with Gasteiger partial charge in [-0.3, -0.25) is 0 Å². The normalized spacial score (nSPS) is 17.8. The van der Waals surface area contributed by atoms with E-state index >= 15 is 0 Å². The molecule has 2 N–H and O–H groups in total. The quantitative estimate of drug-likeness (QED) is 0.857. The highest BCUT2D eigenvalue weighted by atomic mass is 32.2. The van der Waals surface area contributed by atoms with Gasteiger partial charge in [0.15, 0.2) is 0 Å². The summed E-state index contributed by atoms with van der Waals surface area (Å²) in [5.74, 6) is 0. The Morgan fingerprint density at radius 2 is 1.85 bits per heavy atom. The van der Waals surface area contributed by atoms with Gasteiger partial charge in [-0.25, -0.2) is 13.1 Å². The second-order valence-electron chi connectivity index (χ2n) is 5.23. The van der Waals surface area contributed by atoms with Crippen LogP contribution in [0.25, 0.3) is 0 Å². The van der Waals surface area contributed by atoms with Crippen molar-refractivity contribution < 1.29 is 13.5 Å². The lowest BCUT2D eigenvalue weighted by molar-refractivity contribution is 0.185. The summed E-state index contributed by atoms with van der Waals surface area (Å²) in [6, 6.07) is 8.28. The summed E-state index contributed by atoms with van der Waals surface area (Å²) < 4.78 is 27.3. The number of benzene rings is 1. The smallest absolute Gasteiger partial charge is 0.241 e. The molecule has 6 heteroatoms. The van der Waals surface area contributed by atoms with Crippen LogP contribution in [-0.4, -0.2) is 25.7 Å². The van der Waals surface area contributed by atoms with Gasteiger partial charge in [0, 0.05) is 0 Å². The van der Waals surface area contributed by atoms with Crippen molar-refractivity contribution in [3.63, 3.8) is 0 Å². The standard InChI is InChI=1S/C14H18N2O3S/c15-10-7-12-3-5-13(6-4-12)20(18,19)16-14(11-17)8-1-2-9-14/h3-6,16-17H,1-2,7-9,11H2. The zero-order valence-corrected chi connectivity index (χ0v) is 12.0. The second-order valence-corrected chi connectivity index (χ2v) is 6.91. The molecule has 0 amide bonds. The van der Waals surface area contributed by atoms with E-state index in [2.05, 4.69) is 4.72 Å². The monoisotopic (exact) mass is 294 g/mol.